The van der Waals surface area contributed by atoms with Crippen LogP contribution in [0.25, 0.3) is 0 Å². The summed E-state index contributed by atoms with van der Waals surface area (Å²) in [5.74, 6) is 0.371. The molecule has 3 aromatic rings. The molecule has 0 aliphatic carbocycles. The molecule has 0 atom stereocenters. The number of hydrogen-bond donors (Lipinski definition) is 2. The summed E-state index contributed by atoms with van der Waals surface area (Å²) in [5, 5.41) is 6.13. The number of anilines is 2. The zero-order valence-corrected chi connectivity index (χ0v) is 15.2. The molecule has 1 amide bonds. The van der Waals surface area contributed by atoms with Crippen LogP contribution in [0.15, 0.2) is 54.9 Å². The monoisotopic (exact) mass is 346 g/mol. The first-order chi connectivity index (χ1) is 12.5. The molecule has 0 aliphatic rings. The lowest BCUT2D eigenvalue weighted by Crippen LogP contribution is -2.16. The highest BCUT2D eigenvalue weighted by Crippen LogP contribution is 2.22. The van der Waals surface area contributed by atoms with Crippen molar-refractivity contribution in [1.29, 1.82) is 0 Å². The van der Waals surface area contributed by atoms with Gasteiger partial charge in [-0.15, -0.1) is 0 Å². The molecule has 0 bridgehead atoms. The van der Waals surface area contributed by atoms with Gasteiger partial charge in [0.25, 0.3) is 5.91 Å². The van der Waals surface area contributed by atoms with Gasteiger partial charge in [0.15, 0.2) is 0 Å². The molecule has 132 valence electrons. The minimum atomic E-state index is -0.262. The van der Waals surface area contributed by atoms with Gasteiger partial charge in [0, 0.05) is 12.2 Å². The van der Waals surface area contributed by atoms with Gasteiger partial charge in [0.05, 0.1) is 12.4 Å². The summed E-state index contributed by atoms with van der Waals surface area (Å²) in [4.78, 5) is 21.0. The van der Waals surface area contributed by atoms with Crippen molar-refractivity contribution >= 4 is 17.4 Å². The topological polar surface area (TPSA) is 66.9 Å². The number of aromatic nitrogens is 2. The minimum absolute atomic E-state index is 0.262. The number of carbonyl (C=O) groups excluding carboxylic acids is 1. The first-order valence-corrected chi connectivity index (χ1v) is 8.52. The number of benzene rings is 2. The van der Waals surface area contributed by atoms with E-state index in [1.165, 1.54) is 11.8 Å². The zero-order chi connectivity index (χ0) is 18.5. The Morgan fingerprint density at radius 1 is 0.962 bits per heavy atom. The number of amides is 1. The van der Waals surface area contributed by atoms with Crippen LogP contribution in [0.2, 0.25) is 0 Å². The summed E-state index contributed by atoms with van der Waals surface area (Å²) in [7, 11) is 0. The third kappa shape index (κ3) is 4.25. The van der Waals surface area contributed by atoms with Gasteiger partial charge in [-0.05, 0) is 37.5 Å². The lowest BCUT2D eigenvalue weighted by atomic mass is 10.1. The van der Waals surface area contributed by atoms with Gasteiger partial charge in [-0.2, -0.15) is 0 Å². The van der Waals surface area contributed by atoms with Crippen LogP contribution in [0.5, 0.6) is 0 Å². The van der Waals surface area contributed by atoms with E-state index in [4.69, 9.17) is 0 Å². The Balaban J connectivity index is 1.66. The molecule has 5 nitrogen and oxygen atoms in total. The van der Waals surface area contributed by atoms with Crippen LogP contribution < -0.4 is 10.6 Å². The highest BCUT2D eigenvalue weighted by molar-refractivity contribution is 6.03. The van der Waals surface area contributed by atoms with Crippen LogP contribution >= 0.6 is 0 Å². The molecule has 0 radical (unpaired) electrons. The van der Waals surface area contributed by atoms with Crippen molar-refractivity contribution in [3.8, 4) is 0 Å². The normalized spacial score (nSPS) is 10.4. The van der Waals surface area contributed by atoms with E-state index in [-0.39, 0.29) is 11.6 Å². The Morgan fingerprint density at radius 2 is 1.65 bits per heavy atom. The first-order valence-electron chi connectivity index (χ1n) is 8.52. The van der Waals surface area contributed by atoms with E-state index < -0.39 is 0 Å². The third-order valence-electron chi connectivity index (χ3n) is 4.12. The van der Waals surface area contributed by atoms with Crippen LogP contribution in [0.4, 0.5) is 11.5 Å². The Labute approximate surface area is 153 Å². The van der Waals surface area contributed by atoms with Crippen LogP contribution in [0.3, 0.4) is 0 Å². The average molecular weight is 346 g/mol. The maximum atomic E-state index is 12.5. The standard InChI is InChI=1S/C21H22N4O/c1-14-9-15(2)20(16(3)10-14)25-21(26)18-12-24-19(13-22-18)23-11-17-7-5-4-6-8-17/h4-10,12-13H,11H2,1-3H3,(H,23,24)(H,25,26). The second-order valence-corrected chi connectivity index (χ2v) is 6.35. The highest BCUT2D eigenvalue weighted by Gasteiger charge is 2.12. The second kappa shape index (κ2) is 7.78. The molecule has 1 heterocycles. The van der Waals surface area contributed by atoms with Gasteiger partial charge in [0.2, 0.25) is 0 Å². The zero-order valence-electron chi connectivity index (χ0n) is 15.2. The van der Waals surface area contributed by atoms with Gasteiger partial charge in [0.1, 0.15) is 11.5 Å². The smallest absolute Gasteiger partial charge is 0.275 e. The van der Waals surface area contributed by atoms with Crippen LogP contribution in [-0.4, -0.2) is 15.9 Å². The molecule has 0 spiro atoms. The molecule has 1 aromatic heterocycles. The van der Waals surface area contributed by atoms with Crippen molar-refractivity contribution in [3.63, 3.8) is 0 Å². The predicted molar refractivity (Wildman–Crippen MR) is 104 cm³/mol. The summed E-state index contributed by atoms with van der Waals surface area (Å²) in [6.45, 7) is 6.66. The van der Waals surface area contributed by atoms with Crippen molar-refractivity contribution in [2.24, 2.45) is 0 Å². The van der Waals surface area contributed by atoms with E-state index >= 15 is 0 Å². The first kappa shape index (κ1) is 17.6. The summed E-state index contributed by atoms with van der Waals surface area (Å²) in [6, 6.07) is 14.1. The van der Waals surface area contributed by atoms with E-state index in [2.05, 4.69) is 20.6 Å². The van der Waals surface area contributed by atoms with Crippen molar-refractivity contribution < 1.29 is 4.79 Å². The van der Waals surface area contributed by atoms with E-state index in [1.807, 2.05) is 63.2 Å². The maximum absolute atomic E-state index is 12.5. The number of carbonyl (C=O) groups is 1. The maximum Gasteiger partial charge on any atom is 0.275 e. The lowest BCUT2D eigenvalue weighted by molar-refractivity contribution is 0.102. The molecule has 0 unspecified atom stereocenters. The molecule has 2 aromatic carbocycles. The SMILES string of the molecule is Cc1cc(C)c(NC(=O)c2cnc(NCc3ccccc3)cn2)c(C)c1. The van der Waals surface area contributed by atoms with Crippen LogP contribution in [0.1, 0.15) is 32.7 Å². The van der Waals surface area contributed by atoms with Gasteiger partial charge in [-0.3, -0.25) is 4.79 Å². The fourth-order valence-corrected chi connectivity index (χ4v) is 2.88. The highest BCUT2D eigenvalue weighted by atomic mass is 16.1. The Kier molecular flexibility index (Phi) is 5.27. The summed E-state index contributed by atoms with van der Waals surface area (Å²) in [5.41, 5.74) is 5.51. The lowest BCUT2D eigenvalue weighted by Gasteiger charge is -2.12. The van der Waals surface area contributed by atoms with Crippen molar-refractivity contribution in [1.82, 2.24) is 9.97 Å². The second-order valence-electron chi connectivity index (χ2n) is 6.35. The van der Waals surface area contributed by atoms with Gasteiger partial charge in [-0.25, -0.2) is 9.97 Å². The molecular formula is C21H22N4O. The summed E-state index contributed by atoms with van der Waals surface area (Å²) in [6.07, 6.45) is 3.06. The molecule has 3 rings (SSSR count). The van der Waals surface area contributed by atoms with E-state index in [1.54, 1.807) is 6.20 Å². The molecule has 0 saturated carbocycles. The summed E-state index contributed by atoms with van der Waals surface area (Å²) < 4.78 is 0. The Hall–Kier alpha value is -3.21. The molecular weight excluding hydrogens is 324 g/mol. The van der Waals surface area contributed by atoms with Crippen molar-refractivity contribution in [2.45, 2.75) is 27.3 Å². The van der Waals surface area contributed by atoms with E-state index in [0.717, 1.165) is 22.4 Å². The van der Waals surface area contributed by atoms with Crippen LogP contribution in [-0.2, 0) is 6.54 Å². The summed E-state index contributed by atoms with van der Waals surface area (Å²) >= 11 is 0. The number of rotatable bonds is 5. The number of nitrogens with zero attached hydrogens (tertiary/aromatic N) is 2. The fourth-order valence-electron chi connectivity index (χ4n) is 2.88. The molecule has 2 N–H and O–H groups in total. The van der Waals surface area contributed by atoms with Gasteiger partial charge in [-0.1, -0.05) is 48.0 Å². The molecule has 0 saturated heterocycles. The Morgan fingerprint density at radius 3 is 2.27 bits per heavy atom. The minimum Gasteiger partial charge on any atom is -0.365 e. The van der Waals surface area contributed by atoms with Crippen molar-refractivity contribution in [3.05, 3.63) is 82.8 Å². The van der Waals surface area contributed by atoms with Crippen LogP contribution in [0, 0.1) is 20.8 Å². The molecule has 0 aliphatic heterocycles. The third-order valence-corrected chi connectivity index (χ3v) is 4.12. The number of nitrogens with one attached hydrogen (secondary N) is 2. The number of hydrogen-bond acceptors (Lipinski definition) is 4. The molecule has 5 heteroatoms. The average Bonchev–Trinajstić information content (AvgIpc) is 2.64. The van der Waals surface area contributed by atoms with Crippen molar-refractivity contribution in [2.75, 3.05) is 10.6 Å². The van der Waals surface area contributed by atoms with E-state index in [0.29, 0.717) is 12.4 Å². The van der Waals surface area contributed by atoms with Gasteiger partial charge >= 0.3 is 0 Å². The number of aryl methyl sites for hydroxylation is 3. The predicted octanol–water partition coefficient (Wildman–Crippen LogP) is 4.27. The largest absolute Gasteiger partial charge is 0.365 e. The molecule has 0 fully saturated rings. The van der Waals surface area contributed by atoms with E-state index in [9.17, 15) is 4.79 Å². The van der Waals surface area contributed by atoms with Gasteiger partial charge < -0.3 is 10.6 Å². The quantitative estimate of drug-likeness (QED) is 0.724. The molecule has 26 heavy (non-hydrogen) atoms. The fraction of sp³-hybridized carbons (Fsp3) is 0.190. The Bertz CT molecular complexity index is 882.